The minimum absolute atomic E-state index is 0.240. The van der Waals surface area contributed by atoms with E-state index in [1.807, 2.05) is 17.8 Å². The third-order valence-electron chi connectivity index (χ3n) is 2.89. The molecule has 1 aromatic rings. The lowest BCUT2D eigenvalue weighted by Gasteiger charge is -2.11. The smallest absolute Gasteiger partial charge is 0.166 e. The van der Waals surface area contributed by atoms with Crippen LogP contribution in [0.3, 0.4) is 0 Å². The summed E-state index contributed by atoms with van der Waals surface area (Å²) < 4.78 is 1.90. The molecule has 3 nitrogen and oxygen atoms in total. The third kappa shape index (κ3) is 2.35. The molecule has 0 unspecified atom stereocenters. The van der Waals surface area contributed by atoms with Crippen LogP contribution in [-0.2, 0) is 18.3 Å². The SMILES string of the molecule is Cn1ccnc1CC(=O)C1=CCCCC1. The van der Waals surface area contributed by atoms with E-state index >= 15 is 0 Å². The van der Waals surface area contributed by atoms with Crippen molar-refractivity contribution in [1.29, 1.82) is 0 Å². The summed E-state index contributed by atoms with van der Waals surface area (Å²) in [6, 6.07) is 0. The lowest BCUT2D eigenvalue weighted by molar-refractivity contribution is -0.115. The van der Waals surface area contributed by atoms with Gasteiger partial charge in [0.05, 0.1) is 6.42 Å². The number of aryl methyl sites for hydroxylation is 1. The molecule has 1 aliphatic carbocycles. The minimum atomic E-state index is 0.240. The Balaban J connectivity index is 2.03. The van der Waals surface area contributed by atoms with Crippen LogP contribution < -0.4 is 0 Å². The average molecular weight is 204 g/mol. The Bertz CT molecular complexity index is 390. The number of carbonyl (C=O) groups excluding carboxylic acids is 1. The number of ketones is 1. The molecule has 1 aliphatic rings. The summed E-state index contributed by atoms with van der Waals surface area (Å²) in [5.41, 5.74) is 1.00. The lowest BCUT2D eigenvalue weighted by Crippen LogP contribution is -2.11. The molecule has 0 bridgehead atoms. The van der Waals surface area contributed by atoms with Crippen molar-refractivity contribution in [3.8, 4) is 0 Å². The molecule has 0 aromatic carbocycles. The molecular formula is C12H16N2O. The molecule has 0 amide bonds. The quantitative estimate of drug-likeness (QED) is 0.755. The predicted molar refractivity (Wildman–Crippen MR) is 58.5 cm³/mol. The van der Waals surface area contributed by atoms with E-state index in [0.29, 0.717) is 6.42 Å². The van der Waals surface area contributed by atoms with Crippen molar-refractivity contribution in [2.75, 3.05) is 0 Å². The topological polar surface area (TPSA) is 34.9 Å². The first kappa shape index (κ1) is 10.1. The van der Waals surface area contributed by atoms with Crippen LogP contribution in [0, 0.1) is 0 Å². The van der Waals surface area contributed by atoms with E-state index in [1.165, 1.54) is 6.42 Å². The zero-order valence-corrected chi connectivity index (χ0v) is 9.07. The van der Waals surface area contributed by atoms with E-state index in [9.17, 15) is 4.79 Å². The zero-order chi connectivity index (χ0) is 10.7. The van der Waals surface area contributed by atoms with Gasteiger partial charge in [-0.2, -0.15) is 0 Å². The molecule has 15 heavy (non-hydrogen) atoms. The van der Waals surface area contributed by atoms with E-state index in [-0.39, 0.29) is 5.78 Å². The van der Waals surface area contributed by atoms with Gasteiger partial charge in [-0.25, -0.2) is 4.98 Å². The second kappa shape index (κ2) is 4.43. The van der Waals surface area contributed by atoms with E-state index in [4.69, 9.17) is 0 Å². The van der Waals surface area contributed by atoms with Gasteiger partial charge in [0.1, 0.15) is 5.82 Å². The molecule has 0 radical (unpaired) electrons. The molecule has 80 valence electrons. The molecule has 0 aliphatic heterocycles. The highest BCUT2D eigenvalue weighted by Crippen LogP contribution is 2.19. The van der Waals surface area contributed by atoms with E-state index < -0.39 is 0 Å². The monoisotopic (exact) mass is 204 g/mol. The molecule has 0 saturated carbocycles. The number of rotatable bonds is 3. The molecule has 0 saturated heterocycles. The van der Waals surface area contributed by atoms with Gasteiger partial charge < -0.3 is 4.57 Å². The highest BCUT2D eigenvalue weighted by molar-refractivity contribution is 5.96. The van der Waals surface area contributed by atoms with Gasteiger partial charge in [0.2, 0.25) is 0 Å². The lowest BCUT2D eigenvalue weighted by atomic mass is 9.95. The van der Waals surface area contributed by atoms with Crippen molar-refractivity contribution in [2.45, 2.75) is 32.1 Å². The first-order valence-corrected chi connectivity index (χ1v) is 5.46. The van der Waals surface area contributed by atoms with Crippen molar-refractivity contribution in [1.82, 2.24) is 9.55 Å². The average Bonchev–Trinajstić information content (AvgIpc) is 2.66. The third-order valence-corrected chi connectivity index (χ3v) is 2.89. The van der Waals surface area contributed by atoms with Crippen molar-refractivity contribution in [2.24, 2.45) is 7.05 Å². The van der Waals surface area contributed by atoms with E-state index in [1.54, 1.807) is 6.20 Å². The van der Waals surface area contributed by atoms with Crippen LogP contribution in [0.2, 0.25) is 0 Å². The summed E-state index contributed by atoms with van der Waals surface area (Å²) in [7, 11) is 1.92. The van der Waals surface area contributed by atoms with Crippen molar-refractivity contribution < 1.29 is 4.79 Å². The number of carbonyl (C=O) groups is 1. The predicted octanol–water partition coefficient (Wildman–Crippen LogP) is 2.03. The fourth-order valence-corrected chi connectivity index (χ4v) is 1.92. The fraction of sp³-hybridized carbons (Fsp3) is 0.500. The number of hydrogen-bond acceptors (Lipinski definition) is 2. The minimum Gasteiger partial charge on any atom is -0.338 e. The summed E-state index contributed by atoms with van der Waals surface area (Å²) in [5, 5.41) is 0. The normalized spacial score (nSPS) is 16.2. The van der Waals surface area contributed by atoms with E-state index in [2.05, 4.69) is 11.1 Å². The highest BCUT2D eigenvalue weighted by Gasteiger charge is 2.14. The Morgan fingerprint density at radius 2 is 2.40 bits per heavy atom. The number of imidazole rings is 1. The Kier molecular flexibility index (Phi) is 2.99. The van der Waals surface area contributed by atoms with Crippen LogP contribution in [0.5, 0.6) is 0 Å². The van der Waals surface area contributed by atoms with Gasteiger partial charge >= 0.3 is 0 Å². The van der Waals surface area contributed by atoms with Crippen LogP contribution >= 0.6 is 0 Å². The number of allylic oxidation sites excluding steroid dienone is 2. The van der Waals surface area contributed by atoms with Gasteiger partial charge in [-0.15, -0.1) is 0 Å². The summed E-state index contributed by atoms with van der Waals surface area (Å²) in [6.07, 6.45) is 10.5. The van der Waals surface area contributed by atoms with Crippen LogP contribution in [-0.4, -0.2) is 15.3 Å². The number of Topliss-reactive ketones (excluding diaryl/α,β-unsaturated/α-hetero) is 1. The summed E-state index contributed by atoms with van der Waals surface area (Å²) >= 11 is 0. The fourth-order valence-electron chi connectivity index (χ4n) is 1.92. The van der Waals surface area contributed by atoms with Gasteiger partial charge in [0, 0.05) is 19.4 Å². The standard InChI is InChI=1S/C12H16N2O/c1-14-8-7-13-12(14)9-11(15)10-5-3-2-4-6-10/h5,7-8H,2-4,6,9H2,1H3. The molecule has 0 N–H and O–H groups in total. The van der Waals surface area contributed by atoms with Crippen molar-refractivity contribution in [3.63, 3.8) is 0 Å². The first-order valence-electron chi connectivity index (χ1n) is 5.46. The molecule has 0 atom stereocenters. The molecule has 0 fully saturated rings. The van der Waals surface area contributed by atoms with Gasteiger partial charge in [-0.05, 0) is 31.3 Å². The Hall–Kier alpha value is -1.38. The molecule has 3 heteroatoms. The number of aromatic nitrogens is 2. The molecule has 0 spiro atoms. The maximum atomic E-state index is 11.9. The van der Waals surface area contributed by atoms with Gasteiger partial charge in [-0.3, -0.25) is 4.79 Å². The summed E-state index contributed by atoms with van der Waals surface area (Å²) in [6.45, 7) is 0. The van der Waals surface area contributed by atoms with Crippen LogP contribution in [0.15, 0.2) is 24.0 Å². The highest BCUT2D eigenvalue weighted by atomic mass is 16.1. The molecule has 1 heterocycles. The first-order chi connectivity index (χ1) is 7.27. The molecular weight excluding hydrogens is 188 g/mol. The van der Waals surface area contributed by atoms with Crippen LogP contribution in [0.25, 0.3) is 0 Å². The maximum Gasteiger partial charge on any atom is 0.166 e. The Morgan fingerprint density at radius 1 is 1.53 bits per heavy atom. The summed E-state index contributed by atoms with van der Waals surface area (Å²) in [4.78, 5) is 16.1. The van der Waals surface area contributed by atoms with Crippen molar-refractivity contribution in [3.05, 3.63) is 29.9 Å². The number of nitrogens with zero attached hydrogens (tertiary/aromatic N) is 2. The van der Waals surface area contributed by atoms with Crippen molar-refractivity contribution >= 4 is 5.78 Å². The van der Waals surface area contributed by atoms with Gasteiger partial charge in [0.25, 0.3) is 0 Å². The van der Waals surface area contributed by atoms with Crippen LogP contribution in [0.1, 0.15) is 31.5 Å². The second-order valence-corrected chi connectivity index (χ2v) is 4.03. The van der Waals surface area contributed by atoms with Gasteiger partial charge in [-0.1, -0.05) is 6.08 Å². The Morgan fingerprint density at radius 3 is 3.00 bits per heavy atom. The van der Waals surface area contributed by atoms with Gasteiger partial charge in [0.15, 0.2) is 5.78 Å². The largest absolute Gasteiger partial charge is 0.338 e. The Labute approximate surface area is 89.8 Å². The second-order valence-electron chi connectivity index (χ2n) is 4.03. The summed E-state index contributed by atoms with van der Waals surface area (Å²) in [5.74, 6) is 1.09. The maximum absolute atomic E-state index is 11.9. The molecule has 1 aromatic heterocycles. The molecule has 2 rings (SSSR count). The zero-order valence-electron chi connectivity index (χ0n) is 9.07. The van der Waals surface area contributed by atoms with E-state index in [0.717, 1.165) is 30.7 Å². The number of hydrogen-bond donors (Lipinski definition) is 0. The van der Waals surface area contributed by atoms with Crippen LogP contribution in [0.4, 0.5) is 0 Å².